The molecule has 0 radical (unpaired) electrons. The van der Waals surface area contributed by atoms with Gasteiger partial charge < -0.3 is 20.1 Å². The van der Waals surface area contributed by atoms with Crippen molar-refractivity contribution in [2.75, 3.05) is 13.1 Å². The molecule has 0 aliphatic rings. The quantitative estimate of drug-likeness (QED) is 0.460. The molecule has 0 bridgehead atoms. The molecule has 3 aromatic heterocycles. The molecule has 0 aliphatic carbocycles. The third-order valence-electron chi connectivity index (χ3n) is 4.14. The highest BCUT2D eigenvalue weighted by molar-refractivity contribution is 7.10. The maximum absolute atomic E-state index is 10.7. The van der Waals surface area contributed by atoms with Crippen molar-refractivity contribution in [2.24, 2.45) is 4.99 Å². The molecule has 1 atom stereocenters. The highest BCUT2D eigenvalue weighted by Crippen LogP contribution is 2.24. The number of nitrogens with zero attached hydrogens (tertiary/aromatic N) is 3. The number of hydrogen-bond donors (Lipinski definition) is 3. The van der Waals surface area contributed by atoms with Gasteiger partial charge in [0.15, 0.2) is 5.96 Å². The SMILES string of the molecule is CCNC(=NCc1cn2c(C)cccc2n1)NCC(C)(O)c1cccs1. The summed E-state index contributed by atoms with van der Waals surface area (Å²) >= 11 is 1.55. The Kier molecular flexibility index (Phi) is 5.58. The van der Waals surface area contributed by atoms with Crippen LogP contribution in [0.5, 0.6) is 0 Å². The Hall–Kier alpha value is -2.38. The average Bonchev–Trinajstić information content (AvgIpc) is 3.28. The maximum atomic E-state index is 10.7. The van der Waals surface area contributed by atoms with Crippen molar-refractivity contribution in [2.45, 2.75) is 32.9 Å². The second kappa shape index (κ2) is 7.88. The molecule has 3 rings (SSSR count). The molecule has 0 aliphatic heterocycles. The second-order valence-electron chi connectivity index (χ2n) is 6.43. The number of nitrogens with one attached hydrogen (secondary N) is 2. The Balaban J connectivity index is 1.69. The molecule has 6 nitrogen and oxygen atoms in total. The lowest BCUT2D eigenvalue weighted by molar-refractivity contribution is 0.0655. The number of fused-ring (bicyclic) bond motifs is 1. The van der Waals surface area contributed by atoms with Gasteiger partial charge >= 0.3 is 0 Å². The number of hydrogen-bond acceptors (Lipinski definition) is 4. The van der Waals surface area contributed by atoms with Crippen LogP contribution in [0.4, 0.5) is 0 Å². The minimum Gasteiger partial charge on any atom is -0.383 e. The summed E-state index contributed by atoms with van der Waals surface area (Å²) in [5, 5.41) is 19.1. The van der Waals surface area contributed by atoms with E-state index >= 15 is 0 Å². The number of aryl methyl sites for hydroxylation is 1. The highest BCUT2D eigenvalue weighted by atomic mass is 32.1. The van der Waals surface area contributed by atoms with Crippen molar-refractivity contribution in [3.63, 3.8) is 0 Å². The van der Waals surface area contributed by atoms with Crippen molar-refractivity contribution in [1.29, 1.82) is 0 Å². The predicted molar refractivity (Wildman–Crippen MR) is 107 cm³/mol. The summed E-state index contributed by atoms with van der Waals surface area (Å²) < 4.78 is 2.06. The smallest absolute Gasteiger partial charge is 0.191 e. The number of pyridine rings is 1. The van der Waals surface area contributed by atoms with Crippen molar-refractivity contribution in [3.05, 3.63) is 58.2 Å². The van der Waals surface area contributed by atoms with Gasteiger partial charge in [0.25, 0.3) is 0 Å². The second-order valence-corrected chi connectivity index (χ2v) is 7.38. The van der Waals surface area contributed by atoms with Gasteiger partial charge in [-0.2, -0.15) is 0 Å². The monoisotopic (exact) mass is 371 g/mol. The van der Waals surface area contributed by atoms with Crippen molar-refractivity contribution >= 4 is 22.9 Å². The molecule has 0 saturated heterocycles. The number of thiophene rings is 1. The minimum absolute atomic E-state index is 0.379. The zero-order valence-corrected chi connectivity index (χ0v) is 16.2. The standard InChI is InChI=1S/C19H25N5OS/c1-4-20-18(22-13-19(3,25)16-8-6-10-26-16)21-11-15-12-24-14(2)7-5-9-17(24)23-15/h5-10,12,25H,4,11,13H2,1-3H3,(H2,20,21,22). The first-order valence-electron chi connectivity index (χ1n) is 8.72. The molecule has 0 saturated carbocycles. The van der Waals surface area contributed by atoms with Crippen LogP contribution >= 0.6 is 11.3 Å². The summed E-state index contributed by atoms with van der Waals surface area (Å²) in [5.74, 6) is 0.665. The fourth-order valence-electron chi connectivity index (χ4n) is 2.70. The summed E-state index contributed by atoms with van der Waals surface area (Å²) in [4.78, 5) is 10.1. The van der Waals surface area contributed by atoms with Crippen LogP contribution in [-0.2, 0) is 12.1 Å². The molecule has 1 unspecified atom stereocenters. The predicted octanol–water partition coefficient (Wildman–Crippen LogP) is 2.67. The van der Waals surface area contributed by atoms with Crippen LogP contribution in [0.1, 0.15) is 30.1 Å². The largest absolute Gasteiger partial charge is 0.383 e. The Morgan fingerprint density at radius 3 is 2.85 bits per heavy atom. The van der Waals surface area contributed by atoms with Gasteiger partial charge in [-0.1, -0.05) is 12.1 Å². The number of guanidine groups is 1. The van der Waals surface area contributed by atoms with E-state index in [0.29, 0.717) is 19.0 Å². The summed E-state index contributed by atoms with van der Waals surface area (Å²) in [7, 11) is 0. The Labute approximate surface area is 157 Å². The molecule has 0 amide bonds. The molecule has 3 aromatic rings. The third kappa shape index (κ3) is 4.23. The summed E-state index contributed by atoms with van der Waals surface area (Å²) in [6.45, 7) is 7.47. The van der Waals surface area contributed by atoms with E-state index in [4.69, 9.17) is 0 Å². The lowest BCUT2D eigenvalue weighted by Gasteiger charge is -2.23. The number of aromatic nitrogens is 2. The van der Waals surface area contributed by atoms with Gasteiger partial charge in [0.2, 0.25) is 0 Å². The van der Waals surface area contributed by atoms with E-state index < -0.39 is 5.60 Å². The molecule has 26 heavy (non-hydrogen) atoms. The summed E-state index contributed by atoms with van der Waals surface area (Å²) in [6, 6.07) is 9.93. The van der Waals surface area contributed by atoms with Crippen LogP contribution in [0.25, 0.3) is 5.65 Å². The number of aliphatic hydroxyl groups is 1. The van der Waals surface area contributed by atoms with Gasteiger partial charge in [-0.15, -0.1) is 11.3 Å². The zero-order valence-electron chi connectivity index (χ0n) is 15.4. The number of rotatable bonds is 6. The molecular formula is C19H25N5OS. The van der Waals surface area contributed by atoms with Crippen LogP contribution in [0, 0.1) is 6.92 Å². The van der Waals surface area contributed by atoms with Gasteiger partial charge in [0.05, 0.1) is 18.8 Å². The fourth-order valence-corrected chi connectivity index (χ4v) is 3.49. The van der Waals surface area contributed by atoms with Crippen LogP contribution in [0.15, 0.2) is 46.9 Å². The first kappa shape index (κ1) is 18.4. The molecular weight excluding hydrogens is 346 g/mol. The van der Waals surface area contributed by atoms with Crippen LogP contribution in [-0.4, -0.2) is 33.5 Å². The fraction of sp³-hybridized carbons (Fsp3) is 0.368. The first-order chi connectivity index (χ1) is 12.5. The lowest BCUT2D eigenvalue weighted by atomic mass is 10.1. The number of aliphatic imine (C=N–C) groups is 1. The van der Waals surface area contributed by atoms with E-state index in [0.717, 1.165) is 28.5 Å². The topological polar surface area (TPSA) is 74.0 Å². The molecule has 3 heterocycles. The van der Waals surface area contributed by atoms with Gasteiger partial charge in [-0.3, -0.25) is 0 Å². The van der Waals surface area contributed by atoms with Crippen molar-refractivity contribution in [3.8, 4) is 0 Å². The van der Waals surface area contributed by atoms with E-state index in [-0.39, 0.29) is 0 Å². The summed E-state index contributed by atoms with van der Waals surface area (Å²) in [6.07, 6.45) is 2.01. The van der Waals surface area contributed by atoms with Gasteiger partial charge in [0.1, 0.15) is 11.2 Å². The van der Waals surface area contributed by atoms with Gasteiger partial charge in [-0.05, 0) is 44.4 Å². The number of imidazole rings is 1. The lowest BCUT2D eigenvalue weighted by Crippen LogP contribution is -2.44. The summed E-state index contributed by atoms with van der Waals surface area (Å²) in [5.41, 5.74) is 2.03. The highest BCUT2D eigenvalue weighted by Gasteiger charge is 2.24. The molecule has 3 N–H and O–H groups in total. The van der Waals surface area contributed by atoms with Crippen molar-refractivity contribution in [1.82, 2.24) is 20.0 Å². The van der Waals surface area contributed by atoms with Crippen LogP contribution in [0.3, 0.4) is 0 Å². The molecule has 0 spiro atoms. The van der Waals surface area contributed by atoms with Crippen molar-refractivity contribution < 1.29 is 5.11 Å². The first-order valence-corrected chi connectivity index (χ1v) is 9.59. The Morgan fingerprint density at radius 1 is 1.31 bits per heavy atom. The van der Waals surface area contributed by atoms with Crippen LogP contribution < -0.4 is 10.6 Å². The molecule has 0 aromatic carbocycles. The normalized spacial score (nSPS) is 14.4. The van der Waals surface area contributed by atoms with E-state index in [9.17, 15) is 5.11 Å². The van der Waals surface area contributed by atoms with Crippen LogP contribution in [0.2, 0.25) is 0 Å². The Bertz CT molecular complexity index is 883. The average molecular weight is 372 g/mol. The Morgan fingerprint density at radius 2 is 2.15 bits per heavy atom. The minimum atomic E-state index is -0.940. The van der Waals surface area contributed by atoms with E-state index in [1.165, 1.54) is 0 Å². The van der Waals surface area contributed by atoms with Gasteiger partial charge in [0, 0.05) is 23.3 Å². The van der Waals surface area contributed by atoms with E-state index in [1.54, 1.807) is 18.3 Å². The van der Waals surface area contributed by atoms with E-state index in [2.05, 4.69) is 38.0 Å². The molecule has 138 valence electrons. The maximum Gasteiger partial charge on any atom is 0.191 e. The molecule has 0 fully saturated rings. The molecule has 7 heteroatoms. The zero-order chi connectivity index (χ0) is 18.6. The third-order valence-corrected chi connectivity index (χ3v) is 5.26. The van der Waals surface area contributed by atoms with Gasteiger partial charge in [-0.25, -0.2) is 9.98 Å². The van der Waals surface area contributed by atoms with E-state index in [1.807, 2.05) is 42.8 Å².